The van der Waals surface area contributed by atoms with E-state index in [2.05, 4.69) is 12.2 Å². The first kappa shape index (κ1) is 17.3. The fourth-order valence-corrected chi connectivity index (χ4v) is 3.16. The molecular weight excluding hydrogens is 318 g/mol. The van der Waals surface area contributed by atoms with Gasteiger partial charge in [0.25, 0.3) is 5.91 Å². The Hall–Kier alpha value is -2.50. The first-order chi connectivity index (χ1) is 12.0. The summed E-state index contributed by atoms with van der Waals surface area (Å²) in [6, 6.07) is 6.02. The van der Waals surface area contributed by atoms with Gasteiger partial charge in [0.1, 0.15) is 11.8 Å². The lowest BCUT2D eigenvalue weighted by Gasteiger charge is -2.32. The normalized spacial score (nSPS) is 15.4. The highest BCUT2D eigenvalue weighted by atomic mass is 16.3. The third kappa shape index (κ3) is 3.62. The zero-order valence-corrected chi connectivity index (χ0v) is 15.0. The van der Waals surface area contributed by atoms with Crippen LogP contribution in [0.3, 0.4) is 0 Å². The molecule has 1 aromatic carbocycles. The number of carbonyl (C=O) groups excluding carboxylic acids is 2. The predicted octanol–water partition coefficient (Wildman–Crippen LogP) is 2.87. The molecule has 6 heteroatoms. The van der Waals surface area contributed by atoms with Crippen LogP contribution in [0.25, 0.3) is 11.0 Å². The topological polar surface area (TPSA) is 65.8 Å². The van der Waals surface area contributed by atoms with E-state index in [0.717, 1.165) is 30.2 Å². The predicted molar refractivity (Wildman–Crippen MR) is 96.7 cm³/mol. The number of fused-ring (bicyclic) bond motifs is 1. The highest BCUT2D eigenvalue weighted by Gasteiger charge is 2.26. The van der Waals surface area contributed by atoms with Crippen molar-refractivity contribution in [2.75, 3.05) is 27.2 Å². The number of hydrogen-bond donors (Lipinski definition) is 1. The van der Waals surface area contributed by atoms with E-state index >= 15 is 0 Å². The van der Waals surface area contributed by atoms with E-state index in [1.807, 2.05) is 23.1 Å². The molecule has 25 heavy (non-hydrogen) atoms. The Morgan fingerprint density at radius 1 is 1.28 bits per heavy atom. The highest BCUT2D eigenvalue weighted by molar-refractivity contribution is 6.06. The second kappa shape index (κ2) is 7.17. The maximum absolute atomic E-state index is 12.9. The molecule has 6 nitrogen and oxygen atoms in total. The van der Waals surface area contributed by atoms with Gasteiger partial charge in [0.15, 0.2) is 0 Å². The van der Waals surface area contributed by atoms with Crippen molar-refractivity contribution in [2.24, 2.45) is 0 Å². The Bertz CT molecular complexity index is 773. The van der Waals surface area contributed by atoms with Crippen LogP contribution in [-0.4, -0.2) is 55.0 Å². The minimum Gasteiger partial charge on any atom is -0.463 e. The number of urea groups is 1. The van der Waals surface area contributed by atoms with Gasteiger partial charge in [-0.3, -0.25) is 4.79 Å². The maximum Gasteiger partial charge on any atom is 0.317 e. The number of likely N-dealkylation sites (tertiary alicyclic amines) is 1. The molecule has 1 N–H and O–H groups in total. The lowest BCUT2D eigenvalue weighted by molar-refractivity contribution is 0.0708. The van der Waals surface area contributed by atoms with Crippen LogP contribution in [-0.2, 0) is 6.42 Å². The van der Waals surface area contributed by atoms with Crippen LogP contribution < -0.4 is 5.32 Å². The van der Waals surface area contributed by atoms with Gasteiger partial charge in [0.05, 0.1) is 5.56 Å². The molecule has 0 spiro atoms. The van der Waals surface area contributed by atoms with Crippen LogP contribution in [0.5, 0.6) is 0 Å². The molecule has 0 bridgehead atoms. The van der Waals surface area contributed by atoms with Gasteiger partial charge in [0.2, 0.25) is 0 Å². The van der Waals surface area contributed by atoms with E-state index in [0.29, 0.717) is 18.7 Å². The maximum atomic E-state index is 12.9. The van der Waals surface area contributed by atoms with E-state index in [-0.39, 0.29) is 18.0 Å². The Labute approximate surface area is 147 Å². The van der Waals surface area contributed by atoms with Crippen molar-refractivity contribution in [3.8, 4) is 0 Å². The van der Waals surface area contributed by atoms with Crippen LogP contribution in [0.4, 0.5) is 4.79 Å². The number of hydrogen-bond acceptors (Lipinski definition) is 3. The third-order valence-corrected chi connectivity index (χ3v) is 4.79. The summed E-state index contributed by atoms with van der Waals surface area (Å²) in [7, 11) is 3.45. The lowest BCUT2D eigenvalue weighted by atomic mass is 10.0. The Morgan fingerprint density at radius 3 is 2.64 bits per heavy atom. The van der Waals surface area contributed by atoms with Gasteiger partial charge in [-0.15, -0.1) is 0 Å². The minimum absolute atomic E-state index is 0.00406. The number of benzene rings is 1. The number of rotatable bonds is 3. The summed E-state index contributed by atoms with van der Waals surface area (Å²) in [5.74, 6) is 0.00406. The number of aryl methyl sites for hydroxylation is 1. The molecule has 3 rings (SSSR count). The largest absolute Gasteiger partial charge is 0.463 e. The second-order valence-electron chi connectivity index (χ2n) is 6.74. The Kier molecular flexibility index (Phi) is 4.97. The fraction of sp³-hybridized carbons (Fsp3) is 0.474. The van der Waals surface area contributed by atoms with Gasteiger partial charge < -0.3 is 19.5 Å². The molecule has 0 atom stereocenters. The molecule has 1 saturated heterocycles. The summed E-state index contributed by atoms with van der Waals surface area (Å²) >= 11 is 0. The molecule has 2 aromatic rings. The summed E-state index contributed by atoms with van der Waals surface area (Å²) < 4.78 is 5.55. The monoisotopic (exact) mass is 343 g/mol. The standard InChI is InChI=1S/C19H25N3O3/c1-4-13-5-6-17-15(11-13)16(12-25-17)18(23)22-9-7-14(8-10-22)20-19(24)21(2)3/h5-6,11-12,14H,4,7-10H2,1-3H3,(H,20,24). The average Bonchev–Trinajstić information content (AvgIpc) is 3.04. The van der Waals surface area contributed by atoms with Crippen LogP contribution >= 0.6 is 0 Å². The van der Waals surface area contributed by atoms with Crippen molar-refractivity contribution >= 4 is 22.9 Å². The van der Waals surface area contributed by atoms with E-state index in [1.165, 1.54) is 10.5 Å². The van der Waals surface area contributed by atoms with E-state index in [1.54, 1.807) is 20.4 Å². The van der Waals surface area contributed by atoms with Gasteiger partial charge >= 0.3 is 6.03 Å². The molecule has 1 aromatic heterocycles. The zero-order valence-electron chi connectivity index (χ0n) is 15.0. The van der Waals surface area contributed by atoms with Gasteiger partial charge in [-0.2, -0.15) is 0 Å². The number of furan rings is 1. The summed E-state index contributed by atoms with van der Waals surface area (Å²) in [5.41, 5.74) is 2.56. The van der Waals surface area contributed by atoms with Gasteiger partial charge in [0, 0.05) is 38.6 Å². The van der Waals surface area contributed by atoms with Crippen LogP contribution in [0.1, 0.15) is 35.7 Å². The van der Waals surface area contributed by atoms with Crippen molar-refractivity contribution in [3.05, 3.63) is 35.6 Å². The smallest absolute Gasteiger partial charge is 0.317 e. The van der Waals surface area contributed by atoms with Crippen molar-refractivity contribution in [3.63, 3.8) is 0 Å². The Balaban J connectivity index is 1.68. The number of nitrogens with one attached hydrogen (secondary N) is 1. The first-order valence-corrected chi connectivity index (χ1v) is 8.76. The quantitative estimate of drug-likeness (QED) is 0.932. The Morgan fingerprint density at radius 2 is 2.00 bits per heavy atom. The molecule has 0 aliphatic carbocycles. The van der Waals surface area contributed by atoms with Gasteiger partial charge in [-0.25, -0.2) is 4.79 Å². The van der Waals surface area contributed by atoms with Gasteiger partial charge in [-0.1, -0.05) is 13.0 Å². The summed E-state index contributed by atoms with van der Waals surface area (Å²) in [4.78, 5) is 28.0. The average molecular weight is 343 g/mol. The molecule has 0 saturated carbocycles. The summed E-state index contributed by atoms with van der Waals surface area (Å²) in [6.07, 6.45) is 4.01. The lowest BCUT2D eigenvalue weighted by Crippen LogP contribution is -2.48. The number of nitrogens with zero attached hydrogens (tertiary/aromatic N) is 2. The number of amides is 3. The fourth-order valence-electron chi connectivity index (χ4n) is 3.16. The number of carbonyl (C=O) groups is 2. The van der Waals surface area contributed by atoms with E-state index in [9.17, 15) is 9.59 Å². The molecule has 1 aliphatic heterocycles. The van der Waals surface area contributed by atoms with Crippen molar-refractivity contribution < 1.29 is 14.0 Å². The van der Waals surface area contributed by atoms with Crippen LogP contribution in [0, 0.1) is 0 Å². The molecule has 2 heterocycles. The van der Waals surface area contributed by atoms with E-state index in [4.69, 9.17) is 4.42 Å². The minimum atomic E-state index is -0.0855. The second-order valence-corrected chi connectivity index (χ2v) is 6.74. The van der Waals surface area contributed by atoms with Crippen LogP contribution in [0.2, 0.25) is 0 Å². The van der Waals surface area contributed by atoms with Gasteiger partial charge in [-0.05, 0) is 37.0 Å². The molecule has 0 radical (unpaired) electrons. The van der Waals surface area contributed by atoms with Crippen molar-refractivity contribution in [2.45, 2.75) is 32.2 Å². The van der Waals surface area contributed by atoms with Crippen molar-refractivity contribution in [1.82, 2.24) is 15.1 Å². The first-order valence-electron chi connectivity index (χ1n) is 8.76. The third-order valence-electron chi connectivity index (χ3n) is 4.79. The number of piperidine rings is 1. The van der Waals surface area contributed by atoms with E-state index < -0.39 is 0 Å². The molecule has 0 unspecified atom stereocenters. The summed E-state index contributed by atoms with van der Waals surface area (Å²) in [5, 5.41) is 3.87. The highest BCUT2D eigenvalue weighted by Crippen LogP contribution is 2.25. The summed E-state index contributed by atoms with van der Waals surface area (Å²) in [6.45, 7) is 3.37. The molecule has 1 fully saturated rings. The zero-order chi connectivity index (χ0) is 18.0. The van der Waals surface area contributed by atoms with Crippen LogP contribution in [0.15, 0.2) is 28.9 Å². The molecule has 1 aliphatic rings. The van der Waals surface area contributed by atoms with Crippen molar-refractivity contribution in [1.29, 1.82) is 0 Å². The molecule has 134 valence electrons. The SMILES string of the molecule is CCc1ccc2occ(C(=O)N3CCC(NC(=O)N(C)C)CC3)c2c1. The molecule has 3 amide bonds. The molecular formula is C19H25N3O3.